The minimum atomic E-state index is -0.185. The number of hydrogen-bond donors (Lipinski definition) is 0. The van der Waals surface area contributed by atoms with Crippen LogP contribution >= 0.6 is 0 Å². The summed E-state index contributed by atoms with van der Waals surface area (Å²) in [5, 5.41) is 18.5. The van der Waals surface area contributed by atoms with Gasteiger partial charge in [-0.2, -0.15) is 58.7 Å². The largest absolute Gasteiger partial charge is 2.00 e. The number of fused-ring (bicyclic) bond motifs is 20. The number of aryl methyl sites for hydroxylation is 4. The summed E-state index contributed by atoms with van der Waals surface area (Å²) in [6.45, 7) is 26.2. The summed E-state index contributed by atoms with van der Waals surface area (Å²) in [6.07, 6.45) is 10.8. The number of aromatic nitrogens is 14. The second-order valence-corrected chi connectivity index (χ2v) is 38.7. The van der Waals surface area contributed by atoms with Gasteiger partial charge in [0.15, 0.2) is 0 Å². The maximum Gasteiger partial charge on any atom is 2.00 e. The molecule has 28 rings (SSSR count). The summed E-state index contributed by atoms with van der Waals surface area (Å²) in [5.74, 6) is 8.70. The molecule has 24 aromatic rings. The molecule has 16 heterocycles. The Hall–Kier alpha value is -15.3. The first kappa shape index (κ1) is 98.7. The fourth-order valence-corrected chi connectivity index (χ4v) is 21.4. The summed E-state index contributed by atoms with van der Waals surface area (Å²) >= 11 is 0. The first-order valence-corrected chi connectivity index (χ1v) is 47.9. The average molecular weight is 2480 g/mol. The molecule has 12 aromatic heterocycles. The molecule has 0 saturated carbocycles. The van der Waals surface area contributed by atoms with Gasteiger partial charge in [0.2, 0.25) is 11.8 Å². The van der Waals surface area contributed by atoms with Gasteiger partial charge in [0.05, 0.1) is 22.4 Å². The van der Waals surface area contributed by atoms with E-state index >= 15 is 0 Å². The van der Waals surface area contributed by atoms with Gasteiger partial charge in [0, 0.05) is 173 Å². The summed E-state index contributed by atoms with van der Waals surface area (Å²) < 4.78 is 49.3. The van der Waals surface area contributed by atoms with E-state index in [1.807, 2.05) is 220 Å². The van der Waals surface area contributed by atoms with Crippen molar-refractivity contribution in [3.05, 3.63) is 444 Å². The Morgan fingerprint density at radius 2 is 0.534 bits per heavy atom. The predicted molar refractivity (Wildman–Crippen MR) is 561 cm³/mol. The molecule has 4 aliphatic rings. The third-order valence-electron chi connectivity index (χ3n) is 28.1. The van der Waals surface area contributed by atoms with E-state index in [9.17, 15) is 0 Å². The van der Waals surface area contributed by atoms with Gasteiger partial charge in [-0.15, -0.1) is 131 Å². The van der Waals surface area contributed by atoms with Crippen LogP contribution in [0.3, 0.4) is 0 Å². The SMILES string of the molecule is CC1(C)c2cccnc2-n2c3[c-]c(Oc4[c-]c(Oc5ccccn5)ccc4)ccc3c3cccc1c32.CC1(C)c2cccnc2-n2c3[c-]c(Oc4[c-]c(Oc5ccccn5)ccc4)ccc3c3cccc1c32.Cc1cc(C)n(-c2[c-]c(Oc3[c-]c4c(cc3)C(C)(C)c3cccc5c6cccnc6n-4c35)ccc2)n1.Cc1cc(C)n(-c2[c-]c(Oc3[c-]c4c(cc3)C(C)(C)c3cccc5c6cccnc6n-4c35)ccc2)n1.[Pd+2].[Pd+2].[Pt+2].[Pt+2]. The molecule has 0 unspecified atom stereocenters. The molecular formula is C124H90N14O6Pd2Pt2. The van der Waals surface area contributed by atoms with Gasteiger partial charge in [-0.25, -0.2) is 29.9 Å². The van der Waals surface area contributed by atoms with Crippen LogP contribution in [0.15, 0.2) is 328 Å². The quantitative estimate of drug-likeness (QED) is 0.0738. The third kappa shape index (κ3) is 16.9. The van der Waals surface area contributed by atoms with Crippen molar-refractivity contribution in [1.29, 1.82) is 0 Å². The van der Waals surface area contributed by atoms with Gasteiger partial charge >= 0.3 is 83.0 Å². The normalized spacial score (nSPS) is 13.3. The number of benzene rings is 12. The number of hydrogen-bond acceptors (Lipinski definition) is 14. The molecule has 0 atom stereocenters. The minimum Gasteiger partial charge on any atom is -0.509 e. The number of rotatable bonds is 14. The van der Waals surface area contributed by atoms with Gasteiger partial charge in [0.25, 0.3) is 0 Å². The smallest absolute Gasteiger partial charge is 0.509 e. The van der Waals surface area contributed by atoms with E-state index in [0.29, 0.717) is 69.3 Å². The molecule has 0 bridgehead atoms. The van der Waals surface area contributed by atoms with Crippen LogP contribution < -0.4 is 28.4 Å². The number of para-hydroxylation sites is 4. The van der Waals surface area contributed by atoms with Crippen molar-refractivity contribution < 1.29 is 111 Å². The van der Waals surface area contributed by atoms with Crippen LogP contribution in [0.2, 0.25) is 0 Å². The Balaban J connectivity index is 0.000000115. The Kier molecular flexibility index (Phi) is 25.9. The maximum atomic E-state index is 6.31. The monoisotopic (exact) mass is 2470 g/mol. The fraction of sp³-hybridized carbons (Fsp3) is 0.129. The van der Waals surface area contributed by atoms with Crippen molar-refractivity contribution in [1.82, 2.24) is 67.7 Å². The van der Waals surface area contributed by atoms with Gasteiger partial charge in [0.1, 0.15) is 22.9 Å². The zero-order valence-corrected chi connectivity index (χ0v) is 89.8. The molecule has 0 radical (unpaired) electrons. The van der Waals surface area contributed by atoms with Crippen LogP contribution in [-0.2, 0) is 105 Å². The fourth-order valence-electron chi connectivity index (χ4n) is 21.4. The van der Waals surface area contributed by atoms with Crippen LogP contribution in [0, 0.1) is 76.2 Å². The topological polar surface area (TPSA) is 188 Å². The molecule has 20 nitrogen and oxygen atoms in total. The Bertz CT molecular complexity index is 8820. The van der Waals surface area contributed by atoms with Gasteiger partial charge in [-0.1, -0.05) is 187 Å². The predicted octanol–water partition coefficient (Wildman–Crippen LogP) is 28.8. The molecule has 0 aliphatic carbocycles. The Morgan fingerprint density at radius 1 is 0.236 bits per heavy atom. The van der Waals surface area contributed by atoms with Crippen LogP contribution in [0.25, 0.3) is 122 Å². The van der Waals surface area contributed by atoms with E-state index < -0.39 is 0 Å². The van der Waals surface area contributed by atoms with Crippen LogP contribution in [-0.4, -0.2) is 67.7 Å². The number of nitrogens with zero attached hydrogens (tertiary/aromatic N) is 14. The van der Waals surface area contributed by atoms with Gasteiger partial charge in [-0.3, -0.25) is 9.36 Å². The van der Waals surface area contributed by atoms with E-state index in [0.717, 1.165) is 101 Å². The molecular weight excluding hydrogens is 2380 g/mol. The molecule has 0 saturated heterocycles. The summed E-state index contributed by atoms with van der Waals surface area (Å²) in [6, 6.07) is 124. The van der Waals surface area contributed by atoms with Crippen molar-refractivity contribution in [3.8, 4) is 104 Å². The van der Waals surface area contributed by atoms with E-state index in [1.54, 1.807) is 24.5 Å². The first-order valence-electron chi connectivity index (χ1n) is 47.9. The molecule has 732 valence electrons. The molecule has 148 heavy (non-hydrogen) atoms. The van der Waals surface area contributed by atoms with Crippen LogP contribution in [0.4, 0.5) is 0 Å². The van der Waals surface area contributed by atoms with Gasteiger partial charge in [-0.05, 0) is 144 Å². The first-order chi connectivity index (χ1) is 70.0. The van der Waals surface area contributed by atoms with Crippen molar-refractivity contribution >= 4 is 87.5 Å². The Morgan fingerprint density at radius 3 is 0.905 bits per heavy atom. The number of pyridine rings is 6. The second kappa shape index (κ2) is 38.8. The van der Waals surface area contributed by atoms with Crippen molar-refractivity contribution in [3.63, 3.8) is 0 Å². The zero-order valence-electron chi connectivity index (χ0n) is 82.2. The Labute approximate surface area is 911 Å². The van der Waals surface area contributed by atoms with Crippen LogP contribution in [0.1, 0.15) is 123 Å². The molecule has 0 fully saturated rings. The van der Waals surface area contributed by atoms with E-state index in [1.165, 1.54) is 88.1 Å². The van der Waals surface area contributed by atoms with Crippen molar-refractivity contribution in [2.45, 2.75) is 105 Å². The van der Waals surface area contributed by atoms with Crippen molar-refractivity contribution in [2.75, 3.05) is 0 Å². The molecule has 0 spiro atoms. The van der Waals surface area contributed by atoms with E-state index in [-0.39, 0.29) is 105 Å². The molecule has 0 N–H and O–H groups in total. The van der Waals surface area contributed by atoms with Crippen molar-refractivity contribution in [2.24, 2.45) is 0 Å². The minimum absolute atomic E-state index is 0. The maximum absolute atomic E-state index is 6.31. The molecule has 4 aliphatic heterocycles. The van der Waals surface area contributed by atoms with E-state index in [4.69, 9.17) is 48.4 Å². The zero-order chi connectivity index (χ0) is 97.8. The molecule has 12 aromatic carbocycles. The third-order valence-corrected chi connectivity index (χ3v) is 28.1. The summed E-state index contributed by atoms with van der Waals surface area (Å²) in [7, 11) is 0. The second-order valence-electron chi connectivity index (χ2n) is 38.7. The summed E-state index contributed by atoms with van der Waals surface area (Å²) in [5.41, 5.74) is 25.4. The molecule has 0 amide bonds. The molecule has 24 heteroatoms. The number of ether oxygens (including phenoxy) is 6. The van der Waals surface area contributed by atoms with Gasteiger partial charge < -0.3 is 46.7 Å². The standard InChI is InChI=1S/2C31H24N4O.2C31H21N3O2.2Pd.2Pt/c2*1-19-16-20(2)35(33-19)21-8-5-9-22(17-21)36-23-13-14-26-28(18-23)34-29-24(25-11-7-15-32-30(25)34)10-6-12-27(29)31(26,3)4;2*1-31(2)25-11-6-10-24-23-15-14-22(19-27(23)34(29(24)25)30-26(31)12-7-17-33-30)35-20-8-5-9-21(18-20)36-28-13-3-4-16-32-28;;;;/h2*5-16H,1-4H3;2*3-17H,1-2H3;;;;/q4*-2;4*+2. The van der Waals surface area contributed by atoms with E-state index in [2.05, 4.69) is 264 Å². The summed E-state index contributed by atoms with van der Waals surface area (Å²) in [4.78, 5) is 27.5. The average Bonchev–Trinajstić information content (AvgIpc) is 1.54. The van der Waals surface area contributed by atoms with Crippen LogP contribution in [0.5, 0.6) is 69.3 Å².